The second-order valence-electron chi connectivity index (χ2n) is 5.12. The van der Waals surface area contributed by atoms with Gasteiger partial charge in [-0.2, -0.15) is 0 Å². The average molecular weight is 249 g/mol. The summed E-state index contributed by atoms with van der Waals surface area (Å²) in [4.78, 5) is 2.54. The van der Waals surface area contributed by atoms with E-state index in [9.17, 15) is 5.11 Å². The number of nitrogens with zero attached hydrogens (tertiary/aromatic N) is 1. The highest BCUT2D eigenvalue weighted by Gasteiger charge is 2.19. The molecule has 0 aliphatic rings. The minimum atomic E-state index is 0.360. The molecule has 2 heteroatoms. The SMILES string of the molecule is CCCCN(C(C)CC)C(C)c1cccc(O)c1. The molecule has 0 aromatic heterocycles. The van der Waals surface area contributed by atoms with Crippen LogP contribution in [0.5, 0.6) is 5.75 Å². The molecule has 0 fully saturated rings. The van der Waals surface area contributed by atoms with Gasteiger partial charge in [-0.3, -0.25) is 4.90 Å². The van der Waals surface area contributed by atoms with Crippen LogP contribution in [-0.4, -0.2) is 22.6 Å². The third kappa shape index (κ3) is 4.02. The Balaban J connectivity index is 2.83. The first kappa shape index (κ1) is 15.0. The molecule has 0 spiro atoms. The van der Waals surface area contributed by atoms with Crippen molar-refractivity contribution in [3.05, 3.63) is 29.8 Å². The molecule has 1 rings (SSSR count). The molecule has 1 aromatic rings. The number of phenols is 1. The fourth-order valence-electron chi connectivity index (χ4n) is 2.35. The maximum absolute atomic E-state index is 9.60. The van der Waals surface area contributed by atoms with Crippen molar-refractivity contribution in [2.45, 2.75) is 59.0 Å². The molecule has 0 radical (unpaired) electrons. The molecule has 2 unspecified atom stereocenters. The molecule has 0 saturated heterocycles. The smallest absolute Gasteiger partial charge is 0.115 e. The Labute approximate surface area is 112 Å². The van der Waals surface area contributed by atoms with Crippen molar-refractivity contribution in [3.63, 3.8) is 0 Å². The largest absolute Gasteiger partial charge is 0.508 e. The van der Waals surface area contributed by atoms with Crippen LogP contribution in [0.25, 0.3) is 0 Å². The lowest BCUT2D eigenvalue weighted by molar-refractivity contribution is 0.147. The molecule has 0 amide bonds. The van der Waals surface area contributed by atoms with Gasteiger partial charge in [-0.25, -0.2) is 0 Å². The number of benzene rings is 1. The summed E-state index contributed by atoms with van der Waals surface area (Å²) in [7, 11) is 0. The van der Waals surface area contributed by atoms with E-state index >= 15 is 0 Å². The molecule has 2 nitrogen and oxygen atoms in total. The minimum Gasteiger partial charge on any atom is -0.508 e. The van der Waals surface area contributed by atoms with Crippen LogP contribution < -0.4 is 0 Å². The van der Waals surface area contributed by atoms with Crippen molar-refractivity contribution in [2.75, 3.05) is 6.54 Å². The van der Waals surface area contributed by atoms with E-state index in [-0.39, 0.29) is 0 Å². The van der Waals surface area contributed by atoms with Crippen LogP contribution in [0.4, 0.5) is 0 Å². The van der Waals surface area contributed by atoms with Gasteiger partial charge in [-0.1, -0.05) is 32.4 Å². The molecule has 0 aliphatic heterocycles. The van der Waals surface area contributed by atoms with E-state index in [1.807, 2.05) is 12.1 Å². The first-order valence-electron chi connectivity index (χ1n) is 7.14. The normalized spacial score (nSPS) is 14.7. The number of unbranched alkanes of at least 4 members (excludes halogenated alkanes) is 1. The summed E-state index contributed by atoms with van der Waals surface area (Å²) in [6, 6.07) is 8.58. The number of aromatic hydroxyl groups is 1. The van der Waals surface area contributed by atoms with Crippen molar-refractivity contribution in [2.24, 2.45) is 0 Å². The average Bonchev–Trinajstić information content (AvgIpc) is 2.38. The highest BCUT2D eigenvalue weighted by Crippen LogP contribution is 2.26. The van der Waals surface area contributed by atoms with E-state index < -0.39 is 0 Å². The van der Waals surface area contributed by atoms with Gasteiger partial charge in [0, 0.05) is 12.1 Å². The highest BCUT2D eigenvalue weighted by molar-refractivity contribution is 5.29. The Morgan fingerprint density at radius 3 is 2.50 bits per heavy atom. The molecular weight excluding hydrogens is 222 g/mol. The Morgan fingerprint density at radius 1 is 1.22 bits per heavy atom. The van der Waals surface area contributed by atoms with E-state index in [0.29, 0.717) is 17.8 Å². The Kier molecular flexibility index (Phi) is 6.20. The molecule has 0 aliphatic carbocycles. The van der Waals surface area contributed by atoms with Gasteiger partial charge in [0.1, 0.15) is 5.75 Å². The van der Waals surface area contributed by atoms with Gasteiger partial charge >= 0.3 is 0 Å². The third-order valence-corrected chi connectivity index (χ3v) is 3.78. The number of hydrogen-bond acceptors (Lipinski definition) is 2. The van der Waals surface area contributed by atoms with Crippen molar-refractivity contribution in [1.29, 1.82) is 0 Å². The quantitative estimate of drug-likeness (QED) is 0.776. The second-order valence-corrected chi connectivity index (χ2v) is 5.12. The molecule has 2 atom stereocenters. The van der Waals surface area contributed by atoms with Crippen molar-refractivity contribution >= 4 is 0 Å². The summed E-state index contributed by atoms with van der Waals surface area (Å²) in [6.45, 7) is 10.1. The standard InChI is InChI=1S/C16H27NO/c1-5-7-11-17(13(3)6-2)14(4)15-9-8-10-16(18)12-15/h8-10,12-14,18H,5-7,11H2,1-4H3. The van der Waals surface area contributed by atoms with Gasteiger partial charge in [-0.15, -0.1) is 0 Å². The van der Waals surface area contributed by atoms with Crippen LogP contribution in [0.15, 0.2) is 24.3 Å². The summed E-state index contributed by atoms with van der Waals surface area (Å²) in [5.74, 6) is 0.360. The molecular formula is C16H27NO. The molecule has 18 heavy (non-hydrogen) atoms. The molecule has 1 N–H and O–H groups in total. The summed E-state index contributed by atoms with van der Waals surface area (Å²) in [5.41, 5.74) is 1.20. The van der Waals surface area contributed by atoms with E-state index in [4.69, 9.17) is 0 Å². The summed E-state index contributed by atoms with van der Waals surface area (Å²) in [6.07, 6.45) is 3.61. The number of phenolic OH excluding ortho intramolecular Hbond substituents is 1. The van der Waals surface area contributed by atoms with Crippen molar-refractivity contribution in [1.82, 2.24) is 4.90 Å². The summed E-state index contributed by atoms with van der Waals surface area (Å²) >= 11 is 0. The van der Waals surface area contributed by atoms with E-state index in [0.717, 1.165) is 13.0 Å². The summed E-state index contributed by atoms with van der Waals surface area (Å²) in [5, 5.41) is 9.60. The maximum atomic E-state index is 9.60. The lowest BCUT2D eigenvalue weighted by atomic mass is 10.0. The van der Waals surface area contributed by atoms with E-state index in [2.05, 4.69) is 38.7 Å². The minimum absolute atomic E-state index is 0.360. The molecule has 1 aromatic carbocycles. The zero-order valence-electron chi connectivity index (χ0n) is 12.2. The van der Waals surface area contributed by atoms with Crippen molar-refractivity contribution in [3.8, 4) is 5.75 Å². The Morgan fingerprint density at radius 2 is 1.94 bits per heavy atom. The van der Waals surface area contributed by atoms with Crippen LogP contribution in [-0.2, 0) is 0 Å². The lowest BCUT2D eigenvalue weighted by Gasteiger charge is -2.34. The van der Waals surface area contributed by atoms with E-state index in [1.165, 1.54) is 18.4 Å². The topological polar surface area (TPSA) is 23.5 Å². The highest BCUT2D eigenvalue weighted by atomic mass is 16.3. The van der Waals surface area contributed by atoms with Crippen LogP contribution in [0, 0.1) is 0 Å². The van der Waals surface area contributed by atoms with Crippen molar-refractivity contribution < 1.29 is 5.11 Å². The monoisotopic (exact) mass is 249 g/mol. The molecule has 0 saturated carbocycles. The van der Waals surface area contributed by atoms with E-state index in [1.54, 1.807) is 6.07 Å². The van der Waals surface area contributed by atoms with Crippen LogP contribution in [0.2, 0.25) is 0 Å². The summed E-state index contributed by atoms with van der Waals surface area (Å²) < 4.78 is 0. The van der Waals surface area contributed by atoms with Crippen LogP contribution in [0.3, 0.4) is 0 Å². The predicted octanol–water partition coefficient (Wildman–Crippen LogP) is 4.35. The van der Waals surface area contributed by atoms with Gasteiger partial charge in [-0.05, 0) is 50.9 Å². The third-order valence-electron chi connectivity index (χ3n) is 3.78. The zero-order chi connectivity index (χ0) is 13.5. The number of rotatable bonds is 7. The maximum Gasteiger partial charge on any atom is 0.115 e. The fourth-order valence-corrected chi connectivity index (χ4v) is 2.35. The van der Waals surface area contributed by atoms with Gasteiger partial charge < -0.3 is 5.11 Å². The van der Waals surface area contributed by atoms with Crippen LogP contribution >= 0.6 is 0 Å². The fraction of sp³-hybridized carbons (Fsp3) is 0.625. The van der Waals surface area contributed by atoms with Gasteiger partial charge in [0.2, 0.25) is 0 Å². The lowest BCUT2D eigenvalue weighted by Crippen LogP contribution is -2.35. The first-order chi connectivity index (χ1) is 8.60. The first-order valence-corrected chi connectivity index (χ1v) is 7.14. The molecule has 0 bridgehead atoms. The van der Waals surface area contributed by atoms with Crippen LogP contribution in [0.1, 0.15) is 58.6 Å². The Bertz CT molecular complexity index is 351. The predicted molar refractivity (Wildman–Crippen MR) is 77.9 cm³/mol. The van der Waals surface area contributed by atoms with Gasteiger partial charge in [0.15, 0.2) is 0 Å². The van der Waals surface area contributed by atoms with Gasteiger partial charge in [0.25, 0.3) is 0 Å². The number of hydrogen-bond donors (Lipinski definition) is 1. The molecule has 0 heterocycles. The molecule has 102 valence electrons. The zero-order valence-corrected chi connectivity index (χ0v) is 12.2. The van der Waals surface area contributed by atoms with Gasteiger partial charge in [0.05, 0.1) is 0 Å². The second kappa shape index (κ2) is 7.42. The Hall–Kier alpha value is -1.02.